The van der Waals surface area contributed by atoms with E-state index in [1.165, 1.54) is 33.4 Å². The zero-order valence-corrected chi connectivity index (χ0v) is 12.2. The summed E-state index contributed by atoms with van der Waals surface area (Å²) in [5, 5.41) is 0. The molecule has 0 bridgehead atoms. The Morgan fingerprint density at radius 1 is 0.800 bits per heavy atom. The highest BCUT2D eigenvalue weighted by molar-refractivity contribution is 9.09. The molecule has 1 heteroatoms. The highest BCUT2D eigenvalue weighted by Gasteiger charge is 2.16. The second-order valence-electron chi connectivity index (χ2n) is 4.41. The smallest absolute Gasteiger partial charge is 0.0398 e. The molecule has 1 aromatic carbocycles. The monoisotopic (exact) mass is 268 g/mol. The van der Waals surface area contributed by atoms with E-state index in [-0.39, 0.29) is 0 Å². The number of rotatable bonds is 2. The molecule has 0 saturated heterocycles. The first-order valence-electron chi connectivity index (χ1n) is 5.62. The third-order valence-electron chi connectivity index (χ3n) is 3.73. The summed E-state index contributed by atoms with van der Waals surface area (Å²) in [6.45, 7) is 13.4. The molecule has 0 radical (unpaired) electrons. The van der Waals surface area contributed by atoms with Crippen molar-refractivity contribution in [1.29, 1.82) is 0 Å². The summed E-state index contributed by atoms with van der Waals surface area (Å²) < 4.78 is 0. The molecule has 0 N–H and O–H groups in total. The largest absolute Gasteiger partial charge is 0.0839 e. The maximum absolute atomic E-state index is 3.78. The van der Waals surface area contributed by atoms with Gasteiger partial charge in [-0.15, -0.1) is 0 Å². The van der Waals surface area contributed by atoms with Crippen LogP contribution in [0.5, 0.6) is 0 Å². The van der Waals surface area contributed by atoms with E-state index in [9.17, 15) is 0 Å². The molecule has 1 unspecified atom stereocenters. The predicted molar refractivity (Wildman–Crippen MR) is 72.1 cm³/mol. The Balaban J connectivity index is 3.52. The lowest BCUT2D eigenvalue weighted by atomic mass is 9.88. The van der Waals surface area contributed by atoms with Gasteiger partial charge in [-0.25, -0.2) is 0 Å². The van der Waals surface area contributed by atoms with Crippen LogP contribution in [-0.4, -0.2) is 0 Å². The molecule has 0 aromatic heterocycles. The molecule has 0 amide bonds. The lowest BCUT2D eigenvalue weighted by Gasteiger charge is -2.21. The van der Waals surface area contributed by atoms with E-state index in [2.05, 4.69) is 57.5 Å². The van der Waals surface area contributed by atoms with Crippen LogP contribution in [0.2, 0.25) is 0 Å². The number of halogens is 1. The Labute approximate surface area is 102 Å². The Morgan fingerprint density at radius 3 is 1.47 bits per heavy atom. The first kappa shape index (κ1) is 12.8. The van der Waals surface area contributed by atoms with Gasteiger partial charge in [0.1, 0.15) is 0 Å². The van der Waals surface area contributed by atoms with Crippen LogP contribution in [0.1, 0.15) is 51.6 Å². The third-order valence-corrected chi connectivity index (χ3v) is 4.83. The molecular formula is C14H21Br. The molecule has 0 heterocycles. The molecule has 0 aliphatic carbocycles. The summed E-state index contributed by atoms with van der Waals surface area (Å²) in [4.78, 5) is 0.496. The van der Waals surface area contributed by atoms with Crippen LogP contribution in [0.4, 0.5) is 0 Å². The van der Waals surface area contributed by atoms with Gasteiger partial charge in [0.15, 0.2) is 0 Å². The summed E-state index contributed by atoms with van der Waals surface area (Å²) in [5.41, 5.74) is 8.76. The van der Waals surface area contributed by atoms with Crippen molar-refractivity contribution in [2.75, 3.05) is 0 Å². The van der Waals surface area contributed by atoms with Crippen LogP contribution in [0.25, 0.3) is 0 Å². The molecule has 1 atom stereocenters. The maximum Gasteiger partial charge on any atom is 0.0398 e. The van der Waals surface area contributed by atoms with Crippen molar-refractivity contribution in [2.24, 2.45) is 0 Å². The fourth-order valence-electron chi connectivity index (χ4n) is 2.20. The summed E-state index contributed by atoms with van der Waals surface area (Å²) >= 11 is 3.78. The van der Waals surface area contributed by atoms with Gasteiger partial charge in [0.25, 0.3) is 0 Å². The molecular weight excluding hydrogens is 248 g/mol. The van der Waals surface area contributed by atoms with E-state index >= 15 is 0 Å². The first-order valence-corrected chi connectivity index (χ1v) is 6.54. The minimum atomic E-state index is 0.496. The molecule has 1 aromatic rings. The topological polar surface area (TPSA) is 0 Å². The van der Waals surface area contributed by atoms with E-state index in [0.29, 0.717) is 4.83 Å². The van der Waals surface area contributed by atoms with E-state index in [1.54, 1.807) is 0 Å². The minimum Gasteiger partial charge on any atom is -0.0839 e. The van der Waals surface area contributed by atoms with Gasteiger partial charge in [0, 0.05) is 4.83 Å². The predicted octanol–water partition coefficient (Wildman–Crippen LogP) is 5.07. The zero-order valence-electron chi connectivity index (χ0n) is 10.7. The lowest BCUT2D eigenvalue weighted by molar-refractivity contribution is 0.884. The van der Waals surface area contributed by atoms with Gasteiger partial charge >= 0.3 is 0 Å². The molecule has 0 saturated carbocycles. The summed E-state index contributed by atoms with van der Waals surface area (Å²) in [6.07, 6.45) is 1.14. The zero-order chi connectivity index (χ0) is 11.7. The quantitative estimate of drug-likeness (QED) is 0.657. The van der Waals surface area contributed by atoms with Crippen LogP contribution in [0, 0.1) is 34.6 Å². The Bertz CT molecular complexity index is 348. The second kappa shape index (κ2) is 4.69. The number of benzene rings is 1. The van der Waals surface area contributed by atoms with Crippen molar-refractivity contribution in [3.8, 4) is 0 Å². The molecule has 0 fully saturated rings. The number of alkyl halides is 1. The highest BCUT2D eigenvalue weighted by atomic mass is 79.9. The van der Waals surface area contributed by atoms with Crippen LogP contribution in [0.3, 0.4) is 0 Å². The highest BCUT2D eigenvalue weighted by Crippen LogP contribution is 2.36. The second-order valence-corrected chi connectivity index (χ2v) is 5.52. The van der Waals surface area contributed by atoms with Gasteiger partial charge in [-0.05, 0) is 74.4 Å². The third kappa shape index (κ3) is 2.13. The minimum absolute atomic E-state index is 0.496. The molecule has 0 nitrogen and oxygen atoms in total. The fourth-order valence-corrected chi connectivity index (χ4v) is 2.89. The van der Waals surface area contributed by atoms with E-state index in [1.807, 2.05) is 0 Å². The van der Waals surface area contributed by atoms with Gasteiger partial charge in [-0.3, -0.25) is 0 Å². The van der Waals surface area contributed by atoms with Crippen molar-refractivity contribution in [3.63, 3.8) is 0 Å². The Morgan fingerprint density at radius 2 is 1.13 bits per heavy atom. The van der Waals surface area contributed by atoms with Gasteiger partial charge < -0.3 is 0 Å². The molecule has 0 spiro atoms. The van der Waals surface area contributed by atoms with E-state index < -0.39 is 0 Å². The molecule has 0 aliphatic rings. The summed E-state index contributed by atoms with van der Waals surface area (Å²) in [6, 6.07) is 0. The number of hydrogen-bond donors (Lipinski definition) is 0. The van der Waals surface area contributed by atoms with Crippen molar-refractivity contribution < 1.29 is 0 Å². The average molecular weight is 269 g/mol. The fraction of sp³-hybridized carbons (Fsp3) is 0.571. The van der Waals surface area contributed by atoms with Crippen molar-refractivity contribution in [2.45, 2.75) is 52.8 Å². The van der Waals surface area contributed by atoms with Crippen LogP contribution < -0.4 is 0 Å². The van der Waals surface area contributed by atoms with Gasteiger partial charge in [-0.1, -0.05) is 22.9 Å². The van der Waals surface area contributed by atoms with Crippen molar-refractivity contribution in [1.82, 2.24) is 0 Å². The molecule has 84 valence electrons. The van der Waals surface area contributed by atoms with Gasteiger partial charge in [0.05, 0.1) is 0 Å². The van der Waals surface area contributed by atoms with E-state index in [4.69, 9.17) is 0 Å². The van der Waals surface area contributed by atoms with Crippen molar-refractivity contribution >= 4 is 15.9 Å². The standard InChI is InChI=1S/C14H21Br/c1-7-13(15)14-11(5)9(3)8(2)10(4)12(14)6/h13H,7H2,1-6H3. The first-order chi connectivity index (χ1) is 6.91. The van der Waals surface area contributed by atoms with Gasteiger partial charge in [-0.2, -0.15) is 0 Å². The van der Waals surface area contributed by atoms with Crippen molar-refractivity contribution in [3.05, 3.63) is 33.4 Å². The SMILES string of the molecule is CCC(Br)c1c(C)c(C)c(C)c(C)c1C. The summed E-state index contributed by atoms with van der Waals surface area (Å²) in [7, 11) is 0. The van der Waals surface area contributed by atoms with Gasteiger partial charge in [0.2, 0.25) is 0 Å². The number of hydrogen-bond acceptors (Lipinski definition) is 0. The maximum atomic E-state index is 3.78. The molecule has 0 aliphatic heterocycles. The Kier molecular flexibility index (Phi) is 3.99. The van der Waals surface area contributed by atoms with Crippen LogP contribution >= 0.6 is 15.9 Å². The van der Waals surface area contributed by atoms with Crippen LogP contribution in [0.15, 0.2) is 0 Å². The lowest BCUT2D eigenvalue weighted by Crippen LogP contribution is -2.04. The average Bonchev–Trinajstić information content (AvgIpc) is 2.23. The summed E-state index contributed by atoms with van der Waals surface area (Å²) in [5.74, 6) is 0. The molecule has 15 heavy (non-hydrogen) atoms. The van der Waals surface area contributed by atoms with E-state index in [0.717, 1.165) is 6.42 Å². The molecule has 1 rings (SSSR count). The Hall–Kier alpha value is -0.300. The normalized spacial score (nSPS) is 13.0. The van der Waals surface area contributed by atoms with Crippen LogP contribution in [-0.2, 0) is 0 Å².